The maximum Gasteiger partial charge on any atom is 0.234 e. The van der Waals surface area contributed by atoms with Crippen LogP contribution in [0.3, 0.4) is 0 Å². The number of nitrogens with one attached hydrogen (secondary N) is 1. The van der Waals surface area contributed by atoms with E-state index in [2.05, 4.69) is 12.2 Å². The molecule has 1 amide bonds. The van der Waals surface area contributed by atoms with E-state index in [9.17, 15) is 4.79 Å². The Morgan fingerprint density at radius 3 is 2.73 bits per heavy atom. The third kappa shape index (κ3) is 5.68. The van der Waals surface area contributed by atoms with Crippen LogP contribution in [-0.2, 0) is 4.79 Å². The molecule has 4 nitrogen and oxygen atoms in total. The van der Waals surface area contributed by atoms with Crippen LogP contribution in [0.25, 0.3) is 0 Å². The summed E-state index contributed by atoms with van der Waals surface area (Å²) in [4.78, 5) is 14.1. The predicted molar refractivity (Wildman–Crippen MR) is 89.0 cm³/mol. The first kappa shape index (κ1) is 16.8. The van der Waals surface area contributed by atoms with Gasteiger partial charge in [0.1, 0.15) is 12.4 Å². The fraction of sp³-hybridized carbons (Fsp3) is 0.611. The van der Waals surface area contributed by atoms with E-state index < -0.39 is 0 Å². The average Bonchev–Trinajstić information content (AvgIpc) is 2.50. The Morgan fingerprint density at radius 2 is 2.00 bits per heavy atom. The smallest absolute Gasteiger partial charge is 0.234 e. The standard InChI is InChI=1S/C18H28N2O2/c1-15-8-6-7-11-17(15)19-18(21)14-20(2)12-13-22-16-9-4-3-5-10-16/h3-5,9-10,15,17H,6-8,11-14H2,1-2H3,(H,19,21)/t15-,17+/m0/s1. The van der Waals surface area contributed by atoms with Gasteiger partial charge in [-0.1, -0.05) is 38.0 Å². The highest BCUT2D eigenvalue weighted by atomic mass is 16.5. The molecule has 1 fully saturated rings. The first-order chi connectivity index (χ1) is 10.6. The number of hydrogen-bond acceptors (Lipinski definition) is 3. The zero-order chi connectivity index (χ0) is 15.8. The minimum atomic E-state index is 0.126. The molecular formula is C18H28N2O2. The summed E-state index contributed by atoms with van der Waals surface area (Å²) in [6.45, 7) is 4.00. The summed E-state index contributed by atoms with van der Waals surface area (Å²) in [5, 5.41) is 3.19. The molecule has 0 saturated heterocycles. The molecule has 0 aromatic heterocycles. The summed E-state index contributed by atoms with van der Waals surface area (Å²) in [7, 11) is 1.96. The van der Waals surface area contributed by atoms with Gasteiger partial charge in [-0.2, -0.15) is 0 Å². The number of para-hydroxylation sites is 1. The van der Waals surface area contributed by atoms with Crippen molar-refractivity contribution in [1.29, 1.82) is 0 Å². The second-order valence-electron chi connectivity index (χ2n) is 6.34. The number of ether oxygens (including phenoxy) is 1. The molecule has 0 unspecified atom stereocenters. The van der Waals surface area contributed by atoms with E-state index in [0.29, 0.717) is 25.1 Å². The Balaban J connectivity index is 1.63. The van der Waals surface area contributed by atoms with Gasteiger partial charge in [0.15, 0.2) is 0 Å². The van der Waals surface area contributed by atoms with Gasteiger partial charge in [-0.05, 0) is 37.9 Å². The SMILES string of the molecule is C[C@H]1CCCC[C@H]1NC(=O)CN(C)CCOc1ccccc1. The molecular weight excluding hydrogens is 276 g/mol. The average molecular weight is 304 g/mol. The molecule has 1 aromatic carbocycles. The van der Waals surface area contributed by atoms with Crippen molar-refractivity contribution < 1.29 is 9.53 Å². The number of hydrogen-bond donors (Lipinski definition) is 1. The first-order valence-electron chi connectivity index (χ1n) is 8.31. The number of benzene rings is 1. The number of rotatable bonds is 7. The lowest BCUT2D eigenvalue weighted by Gasteiger charge is -2.30. The van der Waals surface area contributed by atoms with Crippen molar-refractivity contribution in [2.24, 2.45) is 5.92 Å². The quantitative estimate of drug-likeness (QED) is 0.842. The van der Waals surface area contributed by atoms with Gasteiger partial charge in [0.2, 0.25) is 5.91 Å². The minimum absolute atomic E-state index is 0.126. The van der Waals surface area contributed by atoms with Crippen molar-refractivity contribution in [3.8, 4) is 5.75 Å². The maximum absolute atomic E-state index is 12.1. The number of nitrogens with zero attached hydrogens (tertiary/aromatic N) is 1. The molecule has 0 aliphatic heterocycles. The highest BCUT2D eigenvalue weighted by Crippen LogP contribution is 2.23. The van der Waals surface area contributed by atoms with Crippen molar-refractivity contribution in [3.05, 3.63) is 30.3 Å². The molecule has 2 rings (SSSR count). The van der Waals surface area contributed by atoms with Crippen molar-refractivity contribution in [1.82, 2.24) is 10.2 Å². The Bertz CT molecular complexity index is 450. The van der Waals surface area contributed by atoms with Crippen LogP contribution in [-0.4, -0.2) is 43.6 Å². The van der Waals surface area contributed by atoms with Crippen LogP contribution in [0.1, 0.15) is 32.6 Å². The van der Waals surface area contributed by atoms with Crippen LogP contribution >= 0.6 is 0 Å². The fourth-order valence-corrected chi connectivity index (χ4v) is 2.94. The number of likely N-dealkylation sites (N-methyl/N-ethyl adjacent to an activating group) is 1. The molecule has 22 heavy (non-hydrogen) atoms. The number of carbonyl (C=O) groups excluding carboxylic acids is 1. The van der Waals surface area contributed by atoms with E-state index >= 15 is 0 Å². The topological polar surface area (TPSA) is 41.6 Å². The summed E-state index contributed by atoms with van der Waals surface area (Å²) in [5.74, 6) is 1.60. The zero-order valence-corrected chi connectivity index (χ0v) is 13.8. The largest absolute Gasteiger partial charge is 0.492 e. The molecule has 122 valence electrons. The molecule has 1 aliphatic rings. The summed E-state index contributed by atoms with van der Waals surface area (Å²) in [6.07, 6.45) is 4.87. The first-order valence-corrected chi connectivity index (χ1v) is 8.31. The number of carbonyl (C=O) groups is 1. The summed E-state index contributed by atoms with van der Waals surface area (Å²) in [5.41, 5.74) is 0. The molecule has 0 spiro atoms. The van der Waals surface area contributed by atoms with Gasteiger partial charge in [-0.3, -0.25) is 9.69 Å². The van der Waals surface area contributed by atoms with Gasteiger partial charge in [-0.15, -0.1) is 0 Å². The Morgan fingerprint density at radius 1 is 1.27 bits per heavy atom. The van der Waals surface area contributed by atoms with Crippen LogP contribution in [0.2, 0.25) is 0 Å². The van der Waals surface area contributed by atoms with E-state index in [1.807, 2.05) is 42.3 Å². The van der Waals surface area contributed by atoms with Crippen molar-refractivity contribution >= 4 is 5.91 Å². The lowest BCUT2D eigenvalue weighted by atomic mass is 9.86. The van der Waals surface area contributed by atoms with E-state index in [-0.39, 0.29) is 5.91 Å². The Hall–Kier alpha value is -1.55. The Kier molecular flexibility index (Phi) is 6.72. The van der Waals surface area contributed by atoms with E-state index in [1.54, 1.807) is 0 Å². The molecule has 1 aromatic rings. The monoisotopic (exact) mass is 304 g/mol. The van der Waals surface area contributed by atoms with Crippen molar-refractivity contribution in [2.75, 3.05) is 26.7 Å². The molecule has 1 aliphatic carbocycles. The molecule has 1 N–H and O–H groups in total. The van der Waals surface area contributed by atoms with Gasteiger partial charge in [0, 0.05) is 12.6 Å². The van der Waals surface area contributed by atoms with E-state index in [0.717, 1.165) is 18.7 Å². The van der Waals surface area contributed by atoms with Crippen LogP contribution in [0.5, 0.6) is 5.75 Å². The van der Waals surface area contributed by atoms with E-state index in [1.165, 1.54) is 19.3 Å². The predicted octanol–water partition coefficient (Wildman–Crippen LogP) is 2.69. The second-order valence-corrected chi connectivity index (χ2v) is 6.34. The third-order valence-corrected chi connectivity index (χ3v) is 4.36. The van der Waals surface area contributed by atoms with Gasteiger partial charge < -0.3 is 10.1 Å². The maximum atomic E-state index is 12.1. The van der Waals surface area contributed by atoms with Crippen LogP contribution < -0.4 is 10.1 Å². The zero-order valence-electron chi connectivity index (χ0n) is 13.8. The molecule has 2 atom stereocenters. The molecule has 0 heterocycles. The lowest BCUT2D eigenvalue weighted by Crippen LogP contribution is -2.45. The normalized spacial score (nSPS) is 21.6. The van der Waals surface area contributed by atoms with Gasteiger partial charge in [0.25, 0.3) is 0 Å². The minimum Gasteiger partial charge on any atom is -0.492 e. The molecule has 0 bridgehead atoms. The summed E-state index contributed by atoms with van der Waals surface area (Å²) < 4.78 is 5.65. The third-order valence-electron chi connectivity index (χ3n) is 4.36. The van der Waals surface area contributed by atoms with E-state index in [4.69, 9.17) is 4.74 Å². The molecule has 1 saturated carbocycles. The van der Waals surface area contributed by atoms with Crippen LogP contribution in [0.4, 0.5) is 0 Å². The second kappa shape index (κ2) is 8.79. The van der Waals surface area contributed by atoms with Crippen molar-refractivity contribution in [3.63, 3.8) is 0 Å². The van der Waals surface area contributed by atoms with Crippen LogP contribution in [0, 0.1) is 5.92 Å². The van der Waals surface area contributed by atoms with Gasteiger partial charge in [-0.25, -0.2) is 0 Å². The summed E-state index contributed by atoms with van der Waals surface area (Å²) in [6, 6.07) is 10.1. The number of amides is 1. The summed E-state index contributed by atoms with van der Waals surface area (Å²) >= 11 is 0. The van der Waals surface area contributed by atoms with Crippen molar-refractivity contribution in [2.45, 2.75) is 38.6 Å². The van der Waals surface area contributed by atoms with Gasteiger partial charge >= 0.3 is 0 Å². The molecule has 4 heteroatoms. The molecule has 0 radical (unpaired) electrons. The fourth-order valence-electron chi connectivity index (χ4n) is 2.94. The van der Waals surface area contributed by atoms with Gasteiger partial charge in [0.05, 0.1) is 6.54 Å². The lowest BCUT2D eigenvalue weighted by molar-refractivity contribution is -0.123. The van der Waals surface area contributed by atoms with Crippen LogP contribution in [0.15, 0.2) is 30.3 Å². The highest BCUT2D eigenvalue weighted by Gasteiger charge is 2.22. The highest BCUT2D eigenvalue weighted by molar-refractivity contribution is 5.78. The Labute approximate surface area is 133 Å².